The third-order valence-corrected chi connectivity index (χ3v) is 7.14. The van der Waals surface area contributed by atoms with Crippen LogP contribution in [-0.2, 0) is 14.3 Å². The SMILES string of the molecule is CCCN1C(=O)c2[nH]c(-c3ccc(N(CCN4CCCCCC4=O)C(C)=O)nc3)nc2N(CCCOC)C1O. The summed E-state index contributed by atoms with van der Waals surface area (Å²) in [5.74, 6) is 0.979. The Bertz CT molecular complexity index is 1150. The third kappa shape index (κ3) is 6.39. The van der Waals surface area contributed by atoms with Gasteiger partial charge in [0.1, 0.15) is 17.3 Å². The van der Waals surface area contributed by atoms with E-state index in [9.17, 15) is 19.5 Å². The van der Waals surface area contributed by atoms with Gasteiger partial charge in [0.15, 0.2) is 5.82 Å². The molecule has 0 aromatic carbocycles. The molecule has 39 heavy (non-hydrogen) atoms. The first-order chi connectivity index (χ1) is 18.8. The fourth-order valence-electron chi connectivity index (χ4n) is 5.06. The number of carbonyl (C=O) groups excluding carboxylic acids is 3. The Balaban J connectivity index is 1.54. The maximum absolute atomic E-state index is 13.2. The highest BCUT2D eigenvalue weighted by atomic mass is 16.5. The van der Waals surface area contributed by atoms with E-state index >= 15 is 0 Å². The van der Waals surface area contributed by atoms with Gasteiger partial charge in [-0.05, 0) is 37.8 Å². The summed E-state index contributed by atoms with van der Waals surface area (Å²) in [6.07, 6.45) is 5.34. The van der Waals surface area contributed by atoms with Crippen LogP contribution in [0.15, 0.2) is 18.3 Å². The number of anilines is 2. The quantitative estimate of drug-likeness (QED) is 0.414. The zero-order valence-electron chi connectivity index (χ0n) is 23.1. The van der Waals surface area contributed by atoms with Crippen molar-refractivity contribution in [2.75, 3.05) is 56.2 Å². The van der Waals surface area contributed by atoms with E-state index in [1.165, 1.54) is 11.8 Å². The zero-order valence-corrected chi connectivity index (χ0v) is 23.1. The molecule has 0 radical (unpaired) electrons. The first kappa shape index (κ1) is 28.5. The highest BCUT2D eigenvalue weighted by Gasteiger charge is 2.39. The summed E-state index contributed by atoms with van der Waals surface area (Å²) in [4.78, 5) is 56.8. The molecule has 3 amide bonds. The van der Waals surface area contributed by atoms with Gasteiger partial charge in [-0.2, -0.15) is 0 Å². The average molecular weight is 542 g/mol. The number of fused-ring (bicyclic) bond motifs is 1. The van der Waals surface area contributed by atoms with Crippen LogP contribution in [0.25, 0.3) is 11.4 Å². The number of nitrogens with zero attached hydrogens (tertiary/aromatic N) is 6. The van der Waals surface area contributed by atoms with E-state index in [4.69, 9.17) is 4.74 Å². The van der Waals surface area contributed by atoms with Crippen LogP contribution in [0, 0.1) is 0 Å². The minimum atomic E-state index is -1.11. The van der Waals surface area contributed by atoms with Gasteiger partial charge in [0.2, 0.25) is 18.2 Å². The molecule has 1 saturated heterocycles. The largest absolute Gasteiger partial charge is 0.385 e. The molecule has 2 aromatic heterocycles. The van der Waals surface area contributed by atoms with Crippen molar-refractivity contribution in [2.45, 2.75) is 58.7 Å². The molecular formula is C27H39N7O5. The summed E-state index contributed by atoms with van der Waals surface area (Å²) in [7, 11) is 1.62. The number of imidazole rings is 1. The predicted molar refractivity (Wildman–Crippen MR) is 146 cm³/mol. The van der Waals surface area contributed by atoms with Gasteiger partial charge < -0.3 is 24.6 Å². The van der Waals surface area contributed by atoms with E-state index in [-0.39, 0.29) is 17.7 Å². The van der Waals surface area contributed by atoms with Gasteiger partial charge in [0.05, 0.1) is 0 Å². The number of rotatable bonds is 11. The molecule has 0 saturated carbocycles. The number of likely N-dealkylation sites (tertiary alicyclic amines) is 1. The number of methoxy groups -OCH3 is 1. The Morgan fingerprint density at radius 2 is 2.00 bits per heavy atom. The molecule has 212 valence electrons. The first-order valence-electron chi connectivity index (χ1n) is 13.7. The average Bonchev–Trinajstić information content (AvgIpc) is 3.27. The van der Waals surface area contributed by atoms with Crippen LogP contribution in [0.4, 0.5) is 11.6 Å². The van der Waals surface area contributed by atoms with E-state index in [1.54, 1.807) is 35.2 Å². The van der Waals surface area contributed by atoms with Crippen molar-refractivity contribution in [1.82, 2.24) is 24.8 Å². The third-order valence-electron chi connectivity index (χ3n) is 7.14. The summed E-state index contributed by atoms with van der Waals surface area (Å²) in [5.41, 5.74) is 0.957. The van der Waals surface area contributed by atoms with Crippen LogP contribution in [-0.4, -0.2) is 100 Å². The number of ether oxygens (including phenoxy) is 1. The highest BCUT2D eigenvalue weighted by molar-refractivity contribution is 6.00. The second-order valence-corrected chi connectivity index (χ2v) is 9.94. The van der Waals surface area contributed by atoms with Gasteiger partial charge in [0, 0.05) is 71.5 Å². The van der Waals surface area contributed by atoms with Crippen LogP contribution in [0.1, 0.15) is 62.9 Å². The molecule has 2 N–H and O–H groups in total. The number of aromatic nitrogens is 3. The van der Waals surface area contributed by atoms with Crippen LogP contribution in [0.3, 0.4) is 0 Å². The molecule has 1 fully saturated rings. The summed E-state index contributed by atoms with van der Waals surface area (Å²) >= 11 is 0. The van der Waals surface area contributed by atoms with Gasteiger partial charge in [-0.3, -0.25) is 24.2 Å². The van der Waals surface area contributed by atoms with Crippen molar-refractivity contribution in [3.63, 3.8) is 0 Å². The molecule has 0 spiro atoms. The Morgan fingerprint density at radius 1 is 1.18 bits per heavy atom. The Kier molecular flexibility index (Phi) is 9.52. The lowest BCUT2D eigenvalue weighted by Crippen LogP contribution is -2.56. The maximum Gasteiger partial charge on any atom is 0.277 e. The number of amides is 3. The number of carbonyl (C=O) groups is 3. The monoisotopic (exact) mass is 541 g/mol. The molecule has 4 heterocycles. The summed E-state index contributed by atoms with van der Waals surface area (Å²) < 4.78 is 5.16. The minimum absolute atomic E-state index is 0.134. The van der Waals surface area contributed by atoms with Crippen LogP contribution in [0.2, 0.25) is 0 Å². The van der Waals surface area contributed by atoms with Crippen molar-refractivity contribution in [3.8, 4) is 11.4 Å². The molecule has 2 aliphatic rings. The molecule has 1 unspecified atom stereocenters. The van der Waals surface area contributed by atoms with Crippen LogP contribution >= 0.6 is 0 Å². The number of aliphatic hydroxyl groups excluding tert-OH is 1. The van der Waals surface area contributed by atoms with Gasteiger partial charge in [-0.15, -0.1) is 0 Å². The summed E-state index contributed by atoms with van der Waals surface area (Å²) in [6, 6.07) is 3.53. The molecular weight excluding hydrogens is 502 g/mol. The molecule has 2 aromatic rings. The van der Waals surface area contributed by atoms with E-state index in [0.29, 0.717) is 87.3 Å². The van der Waals surface area contributed by atoms with Crippen molar-refractivity contribution < 1.29 is 24.2 Å². The molecule has 12 heteroatoms. The predicted octanol–water partition coefficient (Wildman–Crippen LogP) is 2.21. The highest BCUT2D eigenvalue weighted by Crippen LogP contribution is 2.32. The van der Waals surface area contributed by atoms with Crippen molar-refractivity contribution >= 4 is 29.4 Å². The number of hydrogen-bond donors (Lipinski definition) is 2. The standard InChI is InChI=1S/C27H39N7O5/c1-4-12-34-26(37)23-25(33(27(34)38)14-8-17-39-3)30-24(29-23)20-10-11-21(28-18-20)32(19(2)35)16-15-31-13-7-5-6-9-22(31)36/h10-11,18,27,38H,4-9,12-17H2,1-3H3,(H,29,30). The molecule has 12 nitrogen and oxygen atoms in total. The maximum atomic E-state index is 13.2. The van der Waals surface area contributed by atoms with E-state index in [1.807, 2.05) is 11.8 Å². The number of hydrogen-bond acceptors (Lipinski definition) is 8. The Morgan fingerprint density at radius 3 is 2.69 bits per heavy atom. The van der Waals surface area contributed by atoms with Gasteiger partial charge in [-0.1, -0.05) is 13.3 Å². The molecule has 1 atom stereocenters. The second-order valence-electron chi connectivity index (χ2n) is 9.94. The number of H-pyrrole nitrogens is 1. The molecule has 4 rings (SSSR count). The minimum Gasteiger partial charge on any atom is -0.385 e. The lowest BCUT2D eigenvalue weighted by Gasteiger charge is -2.40. The lowest BCUT2D eigenvalue weighted by atomic mass is 10.2. The first-order valence-corrected chi connectivity index (χ1v) is 13.7. The molecule has 2 aliphatic heterocycles. The fraction of sp³-hybridized carbons (Fsp3) is 0.593. The number of pyridine rings is 1. The fourth-order valence-corrected chi connectivity index (χ4v) is 5.06. The van der Waals surface area contributed by atoms with Crippen LogP contribution < -0.4 is 9.80 Å². The number of aromatic amines is 1. The van der Waals surface area contributed by atoms with E-state index in [0.717, 1.165) is 19.3 Å². The normalized spacial score (nSPS) is 17.8. The summed E-state index contributed by atoms with van der Waals surface area (Å²) in [6.45, 7) is 6.36. The van der Waals surface area contributed by atoms with E-state index in [2.05, 4.69) is 15.0 Å². The van der Waals surface area contributed by atoms with Crippen molar-refractivity contribution in [3.05, 3.63) is 24.0 Å². The smallest absolute Gasteiger partial charge is 0.277 e. The second kappa shape index (κ2) is 13.0. The molecule has 0 bridgehead atoms. The zero-order chi connectivity index (χ0) is 27.9. The van der Waals surface area contributed by atoms with Crippen molar-refractivity contribution in [1.29, 1.82) is 0 Å². The van der Waals surface area contributed by atoms with Crippen molar-refractivity contribution in [2.24, 2.45) is 0 Å². The van der Waals surface area contributed by atoms with Gasteiger partial charge in [0.25, 0.3) is 5.91 Å². The van der Waals surface area contributed by atoms with E-state index < -0.39 is 6.35 Å². The molecule has 0 aliphatic carbocycles. The van der Waals surface area contributed by atoms with Crippen LogP contribution in [0.5, 0.6) is 0 Å². The van der Waals surface area contributed by atoms with Gasteiger partial charge in [-0.25, -0.2) is 9.97 Å². The topological polar surface area (TPSA) is 135 Å². The Labute approximate surface area is 228 Å². The number of nitrogens with one attached hydrogen (secondary N) is 1. The van der Waals surface area contributed by atoms with Gasteiger partial charge >= 0.3 is 0 Å². The Hall–Kier alpha value is -3.51. The number of aliphatic hydroxyl groups is 1. The summed E-state index contributed by atoms with van der Waals surface area (Å²) in [5, 5.41) is 10.9. The lowest BCUT2D eigenvalue weighted by molar-refractivity contribution is -0.130.